The van der Waals surface area contributed by atoms with Crippen LogP contribution in [0.3, 0.4) is 0 Å². The molecule has 0 bridgehead atoms. The SMILES string of the molecule is CC(C)NC(=O)C[NH+](C)CC(=O)N[C@@H](C)c1ccccc1Cl. The molecule has 6 heteroatoms. The van der Waals surface area contributed by atoms with Crippen molar-refractivity contribution in [1.29, 1.82) is 0 Å². The molecule has 1 unspecified atom stereocenters. The van der Waals surface area contributed by atoms with Gasteiger partial charge in [-0.1, -0.05) is 29.8 Å². The zero-order valence-corrected chi connectivity index (χ0v) is 14.3. The molecule has 0 saturated heterocycles. The molecule has 0 aliphatic heterocycles. The number of benzene rings is 1. The van der Waals surface area contributed by atoms with E-state index in [4.69, 9.17) is 11.6 Å². The monoisotopic (exact) mass is 326 g/mol. The third-order valence-electron chi connectivity index (χ3n) is 3.12. The van der Waals surface area contributed by atoms with Crippen LogP contribution in [0.25, 0.3) is 0 Å². The molecule has 0 spiro atoms. The third-order valence-corrected chi connectivity index (χ3v) is 3.47. The zero-order valence-electron chi connectivity index (χ0n) is 13.6. The molecule has 0 aromatic heterocycles. The second kappa shape index (κ2) is 8.76. The molecule has 0 fully saturated rings. The van der Waals surface area contributed by atoms with Gasteiger partial charge in [0.15, 0.2) is 13.1 Å². The second-order valence-corrected chi connectivity index (χ2v) is 6.25. The van der Waals surface area contributed by atoms with Gasteiger partial charge in [0.1, 0.15) is 0 Å². The first-order valence-corrected chi connectivity index (χ1v) is 7.81. The molecule has 0 radical (unpaired) electrons. The lowest BCUT2D eigenvalue weighted by atomic mass is 10.1. The van der Waals surface area contributed by atoms with Gasteiger partial charge >= 0.3 is 0 Å². The van der Waals surface area contributed by atoms with E-state index in [1.807, 2.05) is 46.0 Å². The number of hydrogen-bond donors (Lipinski definition) is 3. The summed E-state index contributed by atoms with van der Waals surface area (Å²) in [5.74, 6) is -0.165. The fraction of sp³-hybridized carbons (Fsp3) is 0.500. The van der Waals surface area contributed by atoms with Gasteiger partial charge in [-0.05, 0) is 32.4 Å². The van der Waals surface area contributed by atoms with E-state index in [0.29, 0.717) is 5.02 Å². The van der Waals surface area contributed by atoms with Crippen LogP contribution >= 0.6 is 11.6 Å². The van der Waals surface area contributed by atoms with Gasteiger partial charge in [0.05, 0.1) is 13.1 Å². The van der Waals surface area contributed by atoms with Gasteiger partial charge in [-0.3, -0.25) is 9.59 Å². The third kappa shape index (κ3) is 6.45. The van der Waals surface area contributed by atoms with Crippen molar-refractivity contribution in [2.75, 3.05) is 20.1 Å². The maximum absolute atomic E-state index is 12.0. The highest BCUT2D eigenvalue weighted by atomic mass is 35.5. The highest BCUT2D eigenvalue weighted by molar-refractivity contribution is 6.31. The largest absolute Gasteiger partial charge is 0.349 e. The van der Waals surface area contributed by atoms with Crippen molar-refractivity contribution >= 4 is 23.4 Å². The van der Waals surface area contributed by atoms with E-state index >= 15 is 0 Å². The van der Waals surface area contributed by atoms with Gasteiger partial charge in [0, 0.05) is 11.1 Å². The topological polar surface area (TPSA) is 62.6 Å². The summed E-state index contributed by atoms with van der Waals surface area (Å²) in [5.41, 5.74) is 0.882. The molecule has 0 aliphatic rings. The Labute approximate surface area is 137 Å². The number of halogens is 1. The highest BCUT2D eigenvalue weighted by Gasteiger charge is 2.17. The fourth-order valence-corrected chi connectivity index (χ4v) is 2.48. The van der Waals surface area contributed by atoms with E-state index in [2.05, 4.69) is 10.6 Å². The van der Waals surface area contributed by atoms with Gasteiger partial charge in [0.2, 0.25) is 0 Å². The maximum Gasteiger partial charge on any atom is 0.275 e. The number of carbonyl (C=O) groups is 2. The van der Waals surface area contributed by atoms with Crippen LogP contribution in [0.1, 0.15) is 32.4 Å². The molecular weight excluding hydrogens is 302 g/mol. The number of nitrogens with one attached hydrogen (secondary N) is 3. The van der Waals surface area contributed by atoms with E-state index in [9.17, 15) is 9.59 Å². The van der Waals surface area contributed by atoms with Crippen LogP contribution in [0.4, 0.5) is 0 Å². The molecule has 0 aliphatic carbocycles. The highest BCUT2D eigenvalue weighted by Crippen LogP contribution is 2.21. The van der Waals surface area contributed by atoms with Gasteiger partial charge in [-0.25, -0.2) is 0 Å². The van der Waals surface area contributed by atoms with Crippen LogP contribution in [-0.2, 0) is 9.59 Å². The Hall–Kier alpha value is -1.59. The number of likely N-dealkylation sites (N-methyl/N-ethyl adjacent to an activating group) is 1. The first-order valence-electron chi connectivity index (χ1n) is 7.44. The quantitative estimate of drug-likeness (QED) is 0.685. The first-order chi connectivity index (χ1) is 10.3. The average Bonchev–Trinajstić information content (AvgIpc) is 2.37. The lowest BCUT2D eigenvalue weighted by molar-refractivity contribution is -0.862. The molecule has 122 valence electrons. The Morgan fingerprint density at radius 2 is 1.64 bits per heavy atom. The van der Waals surface area contributed by atoms with Gasteiger partial charge in [0.25, 0.3) is 11.8 Å². The van der Waals surface area contributed by atoms with Crippen molar-refractivity contribution in [1.82, 2.24) is 10.6 Å². The minimum atomic E-state index is -0.168. The van der Waals surface area contributed by atoms with Crippen LogP contribution in [0.5, 0.6) is 0 Å². The van der Waals surface area contributed by atoms with Crippen molar-refractivity contribution in [2.24, 2.45) is 0 Å². The molecule has 1 rings (SSSR count). The molecule has 1 aromatic carbocycles. The molecule has 0 heterocycles. The van der Waals surface area contributed by atoms with Crippen molar-refractivity contribution in [2.45, 2.75) is 32.9 Å². The van der Waals surface area contributed by atoms with Crippen molar-refractivity contribution in [3.05, 3.63) is 34.9 Å². The number of carbonyl (C=O) groups excluding carboxylic acids is 2. The molecule has 2 amide bonds. The first kappa shape index (κ1) is 18.5. The average molecular weight is 327 g/mol. The van der Waals surface area contributed by atoms with E-state index in [1.165, 1.54) is 0 Å². The summed E-state index contributed by atoms with van der Waals surface area (Å²) in [5, 5.41) is 6.35. The summed E-state index contributed by atoms with van der Waals surface area (Å²) >= 11 is 6.12. The van der Waals surface area contributed by atoms with Crippen molar-refractivity contribution in [3.8, 4) is 0 Å². The summed E-state index contributed by atoms with van der Waals surface area (Å²) in [6.07, 6.45) is 0. The van der Waals surface area contributed by atoms with E-state index in [-0.39, 0.29) is 37.0 Å². The second-order valence-electron chi connectivity index (χ2n) is 5.84. The smallest absolute Gasteiger partial charge is 0.275 e. The summed E-state index contributed by atoms with van der Waals surface area (Å²) in [6.45, 7) is 6.21. The Bertz CT molecular complexity index is 520. The van der Waals surface area contributed by atoms with Crippen LogP contribution < -0.4 is 15.5 Å². The van der Waals surface area contributed by atoms with E-state index in [0.717, 1.165) is 10.5 Å². The standard InChI is InChI=1S/C16H24ClN3O2/c1-11(2)18-15(21)9-20(4)10-16(22)19-12(3)13-7-5-6-8-14(13)17/h5-8,11-12H,9-10H2,1-4H3,(H,18,21)(H,19,22)/p+1/t12-/m0/s1. The van der Waals surface area contributed by atoms with Gasteiger partial charge in [-0.2, -0.15) is 0 Å². The van der Waals surface area contributed by atoms with Gasteiger partial charge in [-0.15, -0.1) is 0 Å². The Morgan fingerprint density at radius 3 is 2.18 bits per heavy atom. The van der Waals surface area contributed by atoms with E-state index in [1.54, 1.807) is 6.07 Å². The van der Waals surface area contributed by atoms with Crippen LogP contribution in [0.2, 0.25) is 5.02 Å². The van der Waals surface area contributed by atoms with E-state index < -0.39 is 0 Å². The summed E-state index contributed by atoms with van der Waals surface area (Å²) in [4.78, 5) is 24.5. The van der Waals surface area contributed by atoms with Crippen molar-refractivity contribution < 1.29 is 14.5 Å². The zero-order chi connectivity index (χ0) is 16.7. The number of rotatable bonds is 7. The Kier molecular flexibility index (Phi) is 7.35. The lowest BCUT2D eigenvalue weighted by Crippen LogP contribution is -3.11. The van der Waals surface area contributed by atoms with Crippen LogP contribution in [0.15, 0.2) is 24.3 Å². The molecule has 2 atom stereocenters. The molecule has 5 nitrogen and oxygen atoms in total. The predicted octanol–water partition coefficient (Wildman–Crippen LogP) is 0.557. The normalized spacial score (nSPS) is 13.5. The Balaban J connectivity index is 2.45. The summed E-state index contributed by atoms with van der Waals surface area (Å²) < 4.78 is 0. The number of quaternary nitrogens is 1. The number of hydrogen-bond acceptors (Lipinski definition) is 2. The molecule has 0 saturated carbocycles. The minimum Gasteiger partial charge on any atom is -0.349 e. The number of amides is 2. The van der Waals surface area contributed by atoms with Crippen LogP contribution in [0, 0.1) is 0 Å². The Morgan fingerprint density at radius 1 is 1.09 bits per heavy atom. The maximum atomic E-state index is 12.0. The molecule has 3 N–H and O–H groups in total. The van der Waals surface area contributed by atoms with Crippen LogP contribution in [-0.4, -0.2) is 38.0 Å². The molecule has 1 aromatic rings. The molecule has 22 heavy (non-hydrogen) atoms. The summed E-state index contributed by atoms with van der Waals surface area (Å²) in [6, 6.07) is 7.36. The molecular formula is C16H25ClN3O2+. The van der Waals surface area contributed by atoms with Gasteiger partial charge < -0.3 is 15.5 Å². The lowest BCUT2D eigenvalue weighted by Gasteiger charge is -2.18. The van der Waals surface area contributed by atoms with Crippen molar-refractivity contribution in [3.63, 3.8) is 0 Å². The summed E-state index contributed by atoms with van der Waals surface area (Å²) in [7, 11) is 1.82. The predicted molar refractivity (Wildman–Crippen MR) is 87.9 cm³/mol. The minimum absolute atomic E-state index is 0.0561. The fourth-order valence-electron chi connectivity index (χ4n) is 2.18.